The Kier molecular flexibility index (Phi) is 4.49. The van der Waals surface area contributed by atoms with Crippen molar-refractivity contribution in [2.24, 2.45) is 5.73 Å². The van der Waals surface area contributed by atoms with E-state index >= 15 is 0 Å². The van der Waals surface area contributed by atoms with Gasteiger partial charge in [-0.25, -0.2) is 4.39 Å². The molecule has 2 nitrogen and oxygen atoms in total. The van der Waals surface area contributed by atoms with Gasteiger partial charge >= 0.3 is 0 Å². The number of ether oxygens (including phenoxy) is 1. The van der Waals surface area contributed by atoms with Crippen LogP contribution in [-0.2, 0) is 0 Å². The predicted molar refractivity (Wildman–Crippen MR) is 54.7 cm³/mol. The lowest BCUT2D eigenvalue weighted by Crippen LogP contribution is -2.15. The van der Waals surface area contributed by atoms with Crippen LogP contribution < -0.4 is 10.5 Å². The summed E-state index contributed by atoms with van der Waals surface area (Å²) in [5.41, 5.74) is 5.54. The second-order valence-electron chi connectivity index (χ2n) is 3.52. The molecule has 0 aliphatic rings. The summed E-state index contributed by atoms with van der Waals surface area (Å²) in [5, 5.41) is 0. The zero-order valence-electron chi connectivity index (χ0n) is 8.67. The maximum atomic E-state index is 13.1. The Morgan fingerprint density at radius 2 is 2.13 bits per heavy atom. The minimum Gasteiger partial charge on any atom is -0.490 e. The molecule has 0 aliphatic heterocycles. The van der Waals surface area contributed by atoms with Crippen LogP contribution in [-0.4, -0.2) is 12.6 Å². The van der Waals surface area contributed by atoms with Crippen molar-refractivity contribution in [2.75, 3.05) is 6.61 Å². The number of halogens is 2. The van der Waals surface area contributed by atoms with Gasteiger partial charge in [-0.05, 0) is 31.9 Å². The smallest absolute Gasteiger partial charge is 0.200 e. The first-order valence-electron chi connectivity index (χ1n) is 4.93. The standard InChI is InChI=1S/C11H15F2NO/c1-8(14)4-3-7-15-10-6-2-5-9(12)11(10)13/h2,5-6,8H,3-4,7,14H2,1H3. The maximum Gasteiger partial charge on any atom is 0.200 e. The molecule has 1 aromatic rings. The first-order chi connectivity index (χ1) is 7.11. The maximum absolute atomic E-state index is 13.1. The molecule has 2 N–H and O–H groups in total. The van der Waals surface area contributed by atoms with E-state index in [0.29, 0.717) is 6.61 Å². The zero-order chi connectivity index (χ0) is 11.3. The number of rotatable bonds is 5. The van der Waals surface area contributed by atoms with Crippen LogP contribution in [0.5, 0.6) is 5.75 Å². The van der Waals surface area contributed by atoms with Crippen LogP contribution in [0.15, 0.2) is 18.2 Å². The highest BCUT2D eigenvalue weighted by atomic mass is 19.2. The van der Waals surface area contributed by atoms with Crippen molar-refractivity contribution in [3.63, 3.8) is 0 Å². The molecular weight excluding hydrogens is 200 g/mol. The summed E-state index contributed by atoms with van der Waals surface area (Å²) in [5.74, 6) is -1.86. The molecule has 0 aliphatic carbocycles. The van der Waals surface area contributed by atoms with Crippen LogP contribution in [0.3, 0.4) is 0 Å². The quantitative estimate of drug-likeness (QED) is 0.766. The third kappa shape index (κ3) is 3.83. The van der Waals surface area contributed by atoms with Gasteiger partial charge in [0, 0.05) is 6.04 Å². The average molecular weight is 215 g/mol. The second kappa shape index (κ2) is 5.66. The van der Waals surface area contributed by atoms with Gasteiger partial charge in [0.1, 0.15) is 0 Å². The molecule has 4 heteroatoms. The summed E-state index contributed by atoms with van der Waals surface area (Å²) in [7, 11) is 0. The monoisotopic (exact) mass is 215 g/mol. The van der Waals surface area contributed by atoms with E-state index in [1.165, 1.54) is 12.1 Å². The van der Waals surface area contributed by atoms with Crippen molar-refractivity contribution in [3.05, 3.63) is 29.8 Å². The van der Waals surface area contributed by atoms with Crippen LogP contribution >= 0.6 is 0 Å². The van der Waals surface area contributed by atoms with Gasteiger partial charge in [0.05, 0.1) is 6.61 Å². The molecular formula is C11H15F2NO. The third-order valence-corrected chi connectivity index (χ3v) is 1.98. The molecule has 15 heavy (non-hydrogen) atoms. The van der Waals surface area contributed by atoms with Gasteiger partial charge in [-0.3, -0.25) is 0 Å². The summed E-state index contributed by atoms with van der Waals surface area (Å²) in [6.45, 7) is 2.24. The van der Waals surface area contributed by atoms with Crippen LogP contribution in [0.4, 0.5) is 8.78 Å². The Labute approximate surface area is 88.0 Å². The van der Waals surface area contributed by atoms with E-state index in [0.717, 1.165) is 18.9 Å². The fourth-order valence-electron chi connectivity index (χ4n) is 1.18. The minimum atomic E-state index is -0.932. The molecule has 0 aromatic heterocycles. The number of benzene rings is 1. The molecule has 0 spiro atoms. The van der Waals surface area contributed by atoms with Crippen LogP contribution in [0.2, 0.25) is 0 Å². The van der Waals surface area contributed by atoms with Crippen molar-refractivity contribution in [1.82, 2.24) is 0 Å². The van der Waals surface area contributed by atoms with Crippen LogP contribution in [0.25, 0.3) is 0 Å². The van der Waals surface area contributed by atoms with E-state index in [9.17, 15) is 8.78 Å². The second-order valence-corrected chi connectivity index (χ2v) is 3.52. The molecule has 0 heterocycles. The Balaban J connectivity index is 2.41. The zero-order valence-corrected chi connectivity index (χ0v) is 8.67. The van der Waals surface area contributed by atoms with E-state index < -0.39 is 11.6 Å². The molecule has 0 amide bonds. The van der Waals surface area contributed by atoms with Crippen molar-refractivity contribution in [3.8, 4) is 5.75 Å². The van der Waals surface area contributed by atoms with Gasteiger partial charge in [0.25, 0.3) is 0 Å². The average Bonchev–Trinajstić information content (AvgIpc) is 2.18. The largest absolute Gasteiger partial charge is 0.490 e. The lowest BCUT2D eigenvalue weighted by molar-refractivity contribution is 0.283. The molecule has 84 valence electrons. The first-order valence-corrected chi connectivity index (χ1v) is 4.93. The Bertz CT molecular complexity index is 315. The molecule has 0 fully saturated rings. The van der Waals surface area contributed by atoms with E-state index in [1.54, 1.807) is 0 Å². The van der Waals surface area contributed by atoms with Crippen LogP contribution in [0, 0.1) is 11.6 Å². The van der Waals surface area contributed by atoms with Crippen LogP contribution in [0.1, 0.15) is 19.8 Å². The van der Waals surface area contributed by atoms with Gasteiger partial charge in [-0.2, -0.15) is 4.39 Å². The Morgan fingerprint density at radius 3 is 2.80 bits per heavy atom. The highest BCUT2D eigenvalue weighted by Crippen LogP contribution is 2.19. The normalized spacial score (nSPS) is 12.5. The van der Waals surface area contributed by atoms with E-state index in [4.69, 9.17) is 10.5 Å². The molecule has 0 bridgehead atoms. The SMILES string of the molecule is CC(N)CCCOc1cccc(F)c1F. The number of hydrogen-bond acceptors (Lipinski definition) is 2. The lowest BCUT2D eigenvalue weighted by Gasteiger charge is -2.08. The molecule has 1 unspecified atom stereocenters. The summed E-state index contributed by atoms with van der Waals surface area (Å²) in [4.78, 5) is 0. The van der Waals surface area contributed by atoms with Gasteiger partial charge in [-0.1, -0.05) is 6.07 Å². The van der Waals surface area contributed by atoms with Crippen molar-refractivity contribution in [2.45, 2.75) is 25.8 Å². The number of nitrogens with two attached hydrogens (primary N) is 1. The van der Waals surface area contributed by atoms with Crippen molar-refractivity contribution >= 4 is 0 Å². The van der Waals surface area contributed by atoms with Gasteiger partial charge in [-0.15, -0.1) is 0 Å². The number of hydrogen-bond donors (Lipinski definition) is 1. The third-order valence-electron chi connectivity index (χ3n) is 1.98. The lowest BCUT2D eigenvalue weighted by atomic mass is 10.2. The van der Waals surface area contributed by atoms with Gasteiger partial charge in [0.2, 0.25) is 5.82 Å². The van der Waals surface area contributed by atoms with Crippen molar-refractivity contribution < 1.29 is 13.5 Å². The molecule has 1 atom stereocenters. The topological polar surface area (TPSA) is 35.2 Å². The Morgan fingerprint density at radius 1 is 1.40 bits per heavy atom. The summed E-state index contributed by atoms with van der Waals surface area (Å²) in [6.07, 6.45) is 1.53. The predicted octanol–water partition coefficient (Wildman–Crippen LogP) is 2.47. The molecule has 0 radical (unpaired) electrons. The summed E-state index contributed by atoms with van der Waals surface area (Å²) >= 11 is 0. The molecule has 0 saturated carbocycles. The van der Waals surface area contributed by atoms with Crippen molar-refractivity contribution in [1.29, 1.82) is 0 Å². The summed E-state index contributed by atoms with van der Waals surface area (Å²) < 4.78 is 30.9. The molecule has 1 rings (SSSR count). The van der Waals surface area contributed by atoms with E-state index in [1.807, 2.05) is 6.92 Å². The van der Waals surface area contributed by atoms with E-state index in [2.05, 4.69) is 0 Å². The minimum absolute atomic E-state index is 0.0420. The first kappa shape index (κ1) is 11.9. The van der Waals surface area contributed by atoms with E-state index in [-0.39, 0.29) is 11.8 Å². The highest BCUT2D eigenvalue weighted by molar-refractivity contribution is 5.24. The molecule has 1 aromatic carbocycles. The fourth-order valence-corrected chi connectivity index (χ4v) is 1.18. The van der Waals surface area contributed by atoms with Gasteiger partial charge < -0.3 is 10.5 Å². The fraction of sp³-hybridized carbons (Fsp3) is 0.455. The highest BCUT2D eigenvalue weighted by Gasteiger charge is 2.08. The van der Waals surface area contributed by atoms with Gasteiger partial charge in [0.15, 0.2) is 11.6 Å². The summed E-state index contributed by atoms with van der Waals surface area (Å²) in [6, 6.07) is 3.99. The Hall–Kier alpha value is -1.16. The molecule has 0 saturated heterocycles.